The van der Waals surface area contributed by atoms with E-state index >= 15 is 0 Å². The number of nitrogens with zero attached hydrogens (tertiary/aromatic N) is 2. The maximum absolute atomic E-state index is 4.16. The third-order valence-corrected chi connectivity index (χ3v) is 2.14. The van der Waals surface area contributed by atoms with Crippen molar-refractivity contribution in [2.75, 3.05) is 0 Å². The molecule has 0 aliphatic carbocycles. The first kappa shape index (κ1) is 9.59. The van der Waals surface area contributed by atoms with Gasteiger partial charge in [-0.25, -0.2) is 0 Å². The molecular formula is C13H13N2+. The normalized spacial score (nSPS) is 10.7. The Hall–Kier alpha value is -1.96. The first-order valence-corrected chi connectivity index (χ1v) is 4.90. The van der Waals surface area contributed by atoms with Gasteiger partial charge in [-0.05, 0) is 10.7 Å². The molecule has 1 heterocycles. The highest BCUT2D eigenvalue weighted by Crippen LogP contribution is 2.05. The highest BCUT2D eigenvalue weighted by molar-refractivity contribution is 5.68. The van der Waals surface area contributed by atoms with Gasteiger partial charge in [0.2, 0.25) is 0 Å². The molecule has 0 aliphatic rings. The average Bonchev–Trinajstić information content (AvgIpc) is 2.30. The molecule has 0 unspecified atom stereocenters. The van der Waals surface area contributed by atoms with Crippen molar-refractivity contribution in [2.45, 2.75) is 0 Å². The Bertz CT molecular complexity index is 444. The molecule has 0 saturated heterocycles. The zero-order chi connectivity index (χ0) is 10.5. The maximum atomic E-state index is 4.16. The van der Waals surface area contributed by atoms with Gasteiger partial charge in [0.1, 0.15) is 6.20 Å². The van der Waals surface area contributed by atoms with Gasteiger partial charge in [-0.1, -0.05) is 47.2 Å². The van der Waals surface area contributed by atoms with Crippen LogP contribution in [0.4, 0.5) is 0 Å². The van der Waals surface area contributed by atoms with E-state index in [1.165, 1.54) is 5.56 Å². The predicted molar refractivity (Wildman–Crippen MR) is 60.8 cm³/mol. The summed E-state index contributed by atoms with van der Waals surface area (Å²) in [6.07, 6.45) is 7.92. The first-order valence-electron chi connectivity index (χ1n) is 4.90. The predicted octanol–water partition coefficient (Wildman–Crippen LogP) is 2.08. The summed E-state index contributed by atoms with van der Waals surface area (Å²) in [7, 11) is 1.91. The van der Waals surface area contributed by atoms with Crippen LogP contribution in [0.2, 0.25) is 0 Å². The summed E-state index contributed by atoms with van der Waals surface area (Å²) in [5.41, 5.74) is 2.31. The molecule has 0 saturated carbocycles. The van der Waals surface area contributed by atoms with Crippen molar-refractivity contribution >= 4 is 12.2 Å². The Balaban J connectivity index is 2.15. The second-order valence-electron chi connectivity index (χ2n) is 3.38. The molecule has 0 bridgehead atoms. The summed E-state index contributed by atoms with van der Waals surface area (Å²) < 4.78 is 1.78. The Kier molecular flexibility index (Phi) is 2.88. The molecule has 1 aromatic heterocycles. The number of rotatable bonds is 2. The van der Waals surface area contributed by atoms with Gasteiger partial charge in [-0.15, -0.1) is 0 Å². The van der Waals surface area contributed by atoms with E-state index in [-0.39, 0.29) is 0 Å². The van der Waals surface area contributed by atoms with Crippen molar-refractivity contribution in [1.29, 1.82) is 0 Å². The third kappa shape index (κ3) is 2.74. The molecule has 0 aliphatic heterocycles. The highest BCUT2D eigenvalue weighted by Gasteiger charge is 1.92. The van der Waals surface area contributed by atoms with Crippen molar-refractivity contribution in [3.8, 4) is 0 Å². The van der Waals surface area contributed by atoms with Crippen LogP contribution in [0.15, 0.2) is 48.8 Å². The van der Waals surface area contributed by atoms with E-state index in [0.717, 1.165) is 5.56 Å². The minimum atomic E-state index is 1.11. The van der Waals surface area contributed by atoms with Gasteiger partial charge >= 0.3 is 0 Å². The Morgan fingerprint density at radius 1 is 1.00 bits per heavy atom. The van der Waals surface area contributed by atoms with Crippen molar-refractivity contribution in [1.82, 2.24) is 5.10 Å². The molecule has 0 amide bonds. The number of benzene rings is 1. The van der Waals surface area contributed by atoms with Crippen LogP contribution in [0.3, 0.4) is 0 Å². The summed E-state index contributed by atoms with van der Waals surface area (Å²) >= 11 is 0. The van der Waals surface area contributed by atoms with E-state index in [1.54, 1.807) is 4.68 Å². The van der Waals surface area contributed by atoms with Crippen LogP contribution in [0.1, 0.15) is 11.1 Å². The fraction of sp³-hybridized carbons (Fsp3) is 0.0769. The summed E-state index contributed by atoms with van der Waals surface area (Å²) in [6, 6.07) is 12.3. The first-order chi connectivity index (χ1) is 7.34. The van der Waals surface area contributed by atoms with E-state index in [2.05, 4.69) is 29.4 Å². The molecule has 2 aromatic rings. The zero-order valence-corrected chi connectivity index (χ0v) is 8.67. The fourth-order valence-electron chi connectivity index (χ4n) is 1.29. The van der Waals surface area contributed by atoms with Gasteiger partial charge in [-0.2, -0.15) is 0 Å². The van der Waals surface area contributed by atoms with Crippen molar-refractivity contribution in [3.05, 3.63) is 59.9 Å². The molecule has 0 fully saturated rings. The molecule has 0 radical (unpaired) electrons. The molecule has 15 heavy (non-hydrogen) atoms. The van der Waals surface area contributed by atoms with Crippen molar-refractivity contribution < 1.29 is 4.68 Å². The molecule has 0 atom stereocenters. The lowest BCUT2D eigenvalue weighted by molar-refractivity contribution is -0.730. The minimum Gasteiger partial charge on any atom is -0.0940 e. The number of hydrogen-bond donors (Lipinski definition) is 0. The van der Waals surface area contributed by atoms with Gasteiger partial charge in [-0.3, -0.25) is 0 Å². The Labute approximate surface area is 89.5 Å². The molecule has 2 heteroatoms. The summed E-state index contributed by atoms with van der Waals surface area (Å²) in [6.45, 7) is 0. The summed E-state index contributed by atoms with van der Waals surface area (Å²) in [4.78, 5) is 0. The lowest BCUT2D eigenvalue weighted by atomic mass is 10.2. The Morgan fingerprint density at radius 3 is 2.40 bits per heavy atom. The van der Waals surface area contributed by atoms with Gasteiger partial charge < -0.3 is 0 Å². The largest absolute Gasteiger partial charge is 0.196 e. The molecule has 2 rings (SSSR count). The zero-order valence-electron chi connectivity index (χ0n) is 8.67. The summed E-state index contributed by atoms with van der Waals surface area (Å²) in [5, 5.41) is 4.16. The van der Waals surface area contributed by atoms with Crippen molar-refractivity contribution in [2.24, 2.45) is 7.05 Å². The van der Waals surface area contributed by atoms with Gasteiger partial charge in [0, 0.05) is 11.6 Å². The topological polar surface area (TPSA) is 16.8 Å². The number of aromatic nitrogens is 2. The smallest absolute Gasteiger partial charge is 0.0940 e. The minimum absolute atomic E-state index is 1.11. The van der Waals surface area contributed by atoms with Crippen LogP contribution in [0.25, 0.3) is 12.2 Å². The standard InChI is InChI=1S/C13H13N2/c1-15-10-9-13(11-14-15)8-7-12-5-3-2-4-6-12/h2-11H,1H3/q+1/b8-7+. The van der Waals surface area contributed by atoms with E-state index in [9.17, 15) is 0 Å². The van der Waals surface area contributed by atoms with Crippen molar-refractivity contribution in [3.63, 3.8) is 0 Å². The van der Waals surface area contributed by atoms with Crippen LogP contribution in [0, 0.1) is 0 Å². The third-order valence-electron chi connectivity index (χ3n) is 2.14. The van der Waals surface area contributed by atoms with Gasteiger partial charge in [0.05, 0.1) is 0 Å². The average molecular weight is 197 g/mol. The molecule has 0 N–H and O–H groups in total. The molecule has 1 aromatic carbocycles. The van der Waals surface area contributed by atoms with Crippen LogP contribution < -0.4 is 4.68 Å². The lowest BCUT2D eigenvalue weighted by Crippen LogP contribution is -2.31. The van der Waals surface area contributed by atoms with E-state index < -0.39 is 0 Å². The highest BCUT2D eigenvalue weighted by atomic mass is 15.2. The van der Waals surface area contributed by atoms with Gasteiger partial charge in [0.25, 0.3) is 0 Å². The van der Waals surface area contributed by atoms with E-state index in [0.29, 0.717) is 0 Å². The SMILES string of the molecule is C[n+]1ccc(/C=C/c2ccccc2)cn1. The second-order valence-corrected chi connectivity index (χ2v) is 3.38. The maximum Gasteiger partial charge on any atom is 0.196 e. The Morgan fingerprint density at radius 2 is 1.73 bits per heavy atom. The van der Waals surface area contributed by atoms with Crippen LogP contribution >= 0.6 is 0 Å². The van der Waals surface area contributed by atoms with Crippen LogP contribution in [-0.4, -0.2) is 5.10 Å². The summed E-state index contributed by atoms with van der Waals surface area (Å²) in [5.74, 6) is 0. The molecule has 2 nitrogen and oxygen atoms in total. The number of aryl methyl sites for hydroxylation is 1. The quantitative estimate of drug-likeness (QED) is 0.673. The van der Waals surface area contributed by atoms with Gasteiger partial charge in [0.15, 0.2) is 13.2 Å². The molecular weight excluding hydrogens is 184 g/mol. The van der Waals surface area contributed by atoms with E-state index in [1.807, 2.05) is 43.7 Å². The molecule has 0 spiro atoms. The fourth-order valence-corrected chi connectivity index (χ4v) is 1.29. The number of hydrogen-bond acceptors (Lipinski definition) is 1. The van der Waals surface area contributed by atoms with Crippen LogP contribution in [0.5, 0.6) is 0 Å². The lowest BCUT2D eigenvalue weighted by Gasteiger charge is -1.91. The monoisotopic (exact) mass is 197 g/mol. The molecule has 74 valence electrons. The van der Waals surface area contributed by atoms with Crippen LogP contribution in [-0.2, 0) is 7.05 Å². The van der Waals surface area contributed by atoms with E-state index in [4.69, 9.17) is 0 Å². The second kappa shape index (κ2) is 4.51.